The average molecular weight is 377 g/mol. The molecule has 2 aliphatic heterocycles. The van der Waals surface area contributed by atoms with Gasteiger partial charge in [0.2, 0.25) is 5.91 Å². The van der Waals surface area contributed by atoms with Gasteiger partial charge in [0.1, 0.15) is 0 Å². The molecule has 1 N–H and O–H groups in total. The summed E-state index contributed by atoms with van der Waals surface area (Å²) in [6.07, 6.45) is 7.79. The van der Waals surface area contributed by atoms with E-state index in [1.54, 1.807) is 18.2 Å². The van der Waals surface area contributed by atoms with Gasteiger partial charge < -0.3 is 14.8 Å². The summed E-state index contributed by atoms with van der Waals surface area (Å²) in [7, 11) is 0. The maximum absolute atomic E-state index is 12.3. The van der Waals surface area contributed by atoms with E-state index in [-0.39, 0.29) is 11.9 Å². The molecule has 1 aromatic carbocycles. The van der Waals surface area contributed by atoms with Crippen LogP contribution in [0.5, 0.6) is 11.5 Å². The first-order valence-electron chi connectivity index (χ1n) is 9.43. The van der Waals surface area contributed by atoms with Gasteiger partial charge in [0.15, 0.2) is 11.5 Å². The lowest BCUT2D eigenvalue weighted by Gasteiger charge is -2.19. The molecule has 6 heteroatoms. The Morgan fingerprint density at radius 2 is 2.12 bits per heavy atom. The molecule has 2 fully saturated rings. The first kappa shape index (κ1) is 17.7. The molecule has 5 nitrogen and oxygen atoms in total. The number of rotatable bonds is 4. The maximum atomic E-state index is 12.3. The van der Waals surface area contributed by atoms with Crippen LogP contribution in [0.4, 0.5) is 0 Å². The first-order valence-corrected chi connectivity index (χ1v) is 9.81. The molecule has 0 radical (unpaired) electrons. The van der Waals surface area contributed by atoms with Crippen LogP contribution < -0.4 is 14.8 Å². The third-order valence-corrected chi connectivity index (χ3v) is 5.52. The highest BCUT2D eigenvalue weighted by Gasteiger charge is 2.38. The quantitative estimate of drug-likeness (QED) is 0.819. The predicted molar refractivity (Wildman–Crippen MR) is 102 cm³/mol. The Balaban J connectivity index is 1.37. The Kier molecular flexibility index (Phi) is 5.09. The van der Waals surface area contributed by atoms with E-state index in [0.717, 1.165) is 31.0 Å². The van der Waals surface area contributed by atoms with Crippen molar-refractivity contribution in [3.8, 4) is 11.5 Å². The van der Waals surface area contributed by atoms with Crippen LogP contribution in [0, 0.1) is 0 Å². The zero-order valence-electron chi connectivity index (χ0n) is 15.0. The van der Waals surface area contributed by atoms with Crippen molar-refractivity contribution >= 4 is 23.6 Å². The number of nitrogens with zero attached hydrogens (tertiary/aromatic N) is 1. The van der Waals surface area contributed by atoms with Gasteiger partial charge in [-0.25, -0.2) is 0 Å². The van der Waals surface area contributed by atoms with Gasteiger partial charge in [0.25, 0.3) is 0 Å². The number of likely N-dealkylation sites (tertiary alicyclic amines) is 1. The summed E-state index contributed by atoms with van der Waals surface area (Å²) < 4.78 is 11.3. The van der Waals surface area contributed by atoms with Crippen LogP contribution in [0.15, 0.2) is 18.2 Å². The molecular formula is C20H25ClN2O3. The van der Waals surface area contributed by atoms with Crippen LogP contribution in [0.3, 0.4) is 0 Å². The number of nitrogens with one attached hydrogen (secondary N) is 1. The minimum absolute atomic E-state index is 0.0666. The van der Waals surface area contributed by atoms with Crippen molar-refractivity contribution in [3.05, 3.63) is 28.8 Å². The van der Waals surface area contributed by atoms with Crippen LogP contribution in [-0.4, -0.2) is 48.7 Å². The van der Waals surface area contributed by atoms with Crippen molar-refractivity contribution < 1.29 is 14.3 Å². The topological polar surface area (TPSA) is 50.8 Å². The lowest BCUT2D eigenvalue weighted by Crippen LogP contribution is -2.36. The highest BCUT2D eigenvalue weighted by atomic mass is 35.5. The van der Waals surface area contributed by atoms with Gasteiger partial charge in [-0.3, -0.25) is 9.69 Å². The fraction of sp³-hybridized carbons (Fsp3) is 0.550. The lowest BCUT2D eigenvalue weighted by atomic mass is 10.1. The fourth-order valence-electron chi connectivity index (χ4n) is 3.84. The van der Waals surface area contributed by atoms with Crippen molar-refractivity contribution in [2.24, 2.45) is 0 Å². The molecule has 0 aromatic heterocycles. The molecule has 2 unspecified atom stereocenters. The molecule has 0 spiro atoms. The fourth-order valence-corrected chi connectivity index (χ4v) is 4.12. The van der Waals surface area contributed by atoms with E-state index in [2.05, 4.69) is 17.1 Å². The Labute approximate surface area is 159 Å². The molecule has 26 heavy (non-hydrogen) atoms. The Hall–Kier alpha value is -1.72. The molecule has 3 aliphatic rings. The van der Waals surface area contributed by atoms with Crippen LogP contribution in [-0.2, 0) is 4.79 Å². The van der Waals surface area contributed by atoms with Crippen LogP contribution >= 0.6 is 11.6 Å². The number of ether oxygens (including phenoxy) is 2. The first-order chi connectivity index (χ1) is 12.6. The van der Waals surface area contributed by atoms with Gasteiger partial charge in [-0.05, 0) is 50.0 Å². The maximum Gasteiger partial charge on any atom is 0.244 e. The SMILES string of the molecule is CC1CC(NC(=O)C=Cc2cc(Cl)c3c(c2)OCCCO3)CN1C1CC1. The minimum Gasteiger partial charge on any atom is -0.489 e. The van der Waals surface area contributed by atoms with E-state index in [1.165, 1.54) is 12.8 Å². The van der Waals surface area contributed by atoms with E-state index in [9.17, 15) is 4.79 Å². The second-order valence-electron chi connectivity index (χ2n) is 7.43. The summed E-state index contributed by atoms with van der Waals surface area (Å²) in [6, 6.07) is 5.19. The Morgan fingerprint density at radius 3 is 2.92 bits per heavy atom. The monoisotopic (exact) mass is 376 g/mol. The van der Waals surface area contributed by atoms with Crippen molar-refractivity contribution in [3.63, 3.8) is 0 Å². The highest BCUT2D eigenvalue weighted by molar-refractivity contribution is 6.32. The van der Waals surface area contributed by atoms with Crippen molar-refractivity contribution in [1.29, 1.82) is 0 Å². The van der Waals surface area contributed by atoms with E-state index < -0.39 is 0 Å². The van der Waals surface area contributed by atoms with Crippen molar-refractivity contribution in [2.75, 3.05) is 19.8 Å². The molecule has 1 amide bonds. The molecule has 1 aromatic rings. The van der Waals surface area contributed by atoms with E-state index in [4.69, 9.17) is 21.1 Å². The summed E-state index contributed by atoms with van der Waals surface area (Å²) in [4.78, 5) is 14.8. The summed E-state index contributed by atoms with van der Waals surface area (Å²) in [5.74, 6) is 1.16. The average Bonchev–Trinajstić information content (AvgIpc) is 3.40. The molecular weight excluding hydrogens is 352 g/mol. The number of hydrogen-bond donors (Lipinski definition) is 1. The van der Waals surface area contributed by atoms with Gasteiger partial charge in [-0.15, -0.1) is 0 Å². The molecule has 1 aliphatic carbocycles. The van der Waals surface area contributed by atoms with E-state index in [1.807, 2.05) is 6.07 Å². The summed E-state index contributed by atoms with van der Waals surface area (Å²) in [5, 5.41) is 3.63. The largest absolute Gasteiger partial charge is 0.489 e. The molecule has 4 rings (SSSR count). The summed E-state index contributed by atoms with van der Waals surface area (Å²) in [5.41, 5.74) is 0.828. The number of halogens is 1. The minimum atomic E-state index is -0.0666. The molecule has 1 saturated carbocycles. The van der Waals surface area contributed by atoms with Crippen molar-refractivity contribution in [1.82, 2.24) is 10.2 Å². The zero-order chi connectivity index (χ0) is 18.1. The molecule has 1 saturated heterocycles. The lowest BCUT2D eigenvalue weighted by molar-refractivity contribution is -0.117. The van der Waals surface area contributed by atoms with Gasteiger partial charge >= 0.3 is 0 Å². The van der Waals surface area contributed by atoms with Gasteiger partial charge in [0, 0.05) is 37.2 Å². The third kappa shape index (κ3) is 3.99. The molecule has 2 atom stereocenters. The van der Waals surface area contributed by atoms with Crippen molar-refractivity contribution in [2.45, 2.75) is 50.7 Å². The molecule has 2 heterocycles. The number of carbonyl (C=O) groups is 1. The number of carbonyl (C=O) groups excluding carboxylic acids is 1. The summed E-state index contributed by atoms with van der Waals surface area (Å²) >= 11 is 6.30. The number of fused-ring (bicyclic) bond motifs is 1. The normalized spacial score (nSPS) is 26.1. The standard InChI is InChI=1S/C20H25ClN2O3/c1-13-9-15(12-23(13)16-4-5-16)22-19(24)6-3-14-10-17(21)20-18(11-14)25-7-2-8-26-20/h3,6,10-11,13,15-16H,2,4-5,7-9,12H2,1H3,(H,22,24). The van der Waals surface area contributed by atoms with Crippen LogP contribution in [0.2, 0.25) is 5.02 Å². The Bertz CT molecular complexity index is 717. The zero-order valence-corrected chi connectivity index (χ0v) is 15.8. The number of amides is 1. The Morgan fingerprint density at radius 1 is 1.31 bits per heavy atom. The smallest absolute Gasteiger partial charge is 0.244 e. The predicted octanol–water partition coefficient (Wildman–Crippen LogP) is 3.26. The highest BCUT2D eigenvalue weighted by Crippen LogP contribution is 2.38. The molecule has 0 bridgehead atoms. The second kappa shape index (κ2) is 7.49. The molecule has 140 valence electrons. The van der Waals surface area contributed by atoms with Gasteiger partial charge in [0.05, 0.1) is 18.2 Å². The van der Waals surface area contributed by atoms with Crippen LogP contribution in [0.1, 0.15) is 38.2 Å². The number of benzene rings is 1. The number of hydrogen-bond acceptors (Lipinski definition) is 4. The van der Waals surface area contributed by atoms with Gasteiger partial charge in [-0.1, -0.05) is 11.6 Å². The second-order valence-corrected chi connectivity index (χ2v) is 7.84. The summed E-state index contributed by atoms with van der Waals surface area (Å²) in [6.45, 7) is 4.41. The third-order valence-electron chi connectivity index (χ3n) is 5.24. The van der Waals surface area contributed by atoms with E-state index >= 15 is 0 Å². The van der Waals surface area contributed by atoms with E-state index in [0.29, 0.717) is 35.8 Å². The van der Waals surface area contributed by atoms with Gasteiger partial charge in [-0.2, -0.15) is 0 Å². The van der Waals surface area contributed by atoms with Crippen LogP contribution in [0.25, 0.3) is 6.08 Å².